The van der Waals surface area contributed by atoms with E-state index in [9.17, 15) is 0 Å². The van der Waals surface area contributed by atoms with Gasteiger partial charge in [-0.15, -0.1) is 0 Å². The van der Waals surface area contributed by atoms with Crippen molar-refractivity contribution < 1.29 is 0 Å². The maximum Gasteiger partial charge on any atom is 0.225 e. The third kappa shape index (κ3) is 3.02. The Bertz CT molecular complexity index is 1220. The summed E-state index contributed by atoms with van der Waals surface area (Å²) in [7, 11) is 0. The van der Waals surface area contributed by atoms with Gasteiger partial charge in [-0.25, -0.2) is 19.9 Å². The summed E-state index contributed by atoms with van der Waals surface area (Å²) in [5.74, 6) is 0.855. The molecule has 4 aromatic rings. The SMILES string of the molecule is c1ccc2nc3c(cc(N4CCCCC4)c4nc(N5CCCCC5)ncc43)nc2c1. The predicted octanol–water partition coefficient (Wildman–Crippen LogP) is 4.71. The molecule has 0 bridgehead atoms. The molecule has 6 heteroatoms. The van der Waals surface area contributed by atoms with Crippen LogP contribution in [0.2, 0.25) is 0 Å². The smallest absolute Gasteiger partial charge is 0.225 e. The van der Waals surface area contributed by atoms with Crippen LogP contribution in [0.5, 0.6) is 0 Å². The van der Waals surface area contributed by atoms with Crippen LogP contribution in [0.15, 0.2) is 36.5 Å². The predicted molar refractivity (Wildman–Crippen MR) is 122 cm³/mol. The molecule has 0 atom stereocenters. The molecular formula is C24H26N6. The zero-order valence-corrected chi connectivity index (χ0v) is 17.2. The van der Waals surface area contributed by atoms with Crippen LogP contribution in [0.1, 0.15) is 38.5 Å². The first-order valence-electron chi connectivity index (χ1n) is 11.2. The Morgan fingerprint density at radius 1 is 0.633 bits per heavy atom. The van der Waals surface area contributed by atoms with Crippen molar-refractivity contribution in [2.24, 2.45) is 0 Å². The van der Waals surface area contributed by atoms with Gasteiger partial charge < -0.3 is 9.80 Å². The van der Waals surface area contributed by atoms with Crippen molar-refractivity contribution in [3.05, 3.63) is 36.5 Å². The molecular weight excluding hydrogens is 372 g/mol. The highest BCUT2D eigenvalue weighted by atomic mass is 15.3. The largest absolute Gasteiger partial charge is 0.370 e. The second kappa shape index (κ2) is 7.35. The van der Waals surface area contributed by atoms with E-state index in [4.69, 9.17) is 19.9 Å². The van der Waals surface area contributed by atoms with Gasteiger partial charge in [0.1, 0.15) is 11.0 Å². The molecule has 6 rings (SSSR count). The maximum atomic E-state index is 5.11. The molecule has 0 aliphatic carbocycles. The molecule has 0 spiro atoms. The van der Waals surface area contributed by atoms with Gasteiger partial charge in [0, 0.05) is 37.8 Å². The molecule has 2 aliphatic heterocycles. The lowest BCUT2D eigenvalue weighted by Crippen LogP contribution is -2.31. The van der Waals surface area contributed by atoms with Crippen LogP contribution in [0.25, 0.3) is 33.0 Å². The molecule has 0 radical (unpaired) electrons. The minimum atomic E-state index is 0.855. The van der Waals surface area contributed by atoms with Crippen molar-refractivity contribution in [1.82, 2.24) is 19.9 Å². The molecule has 2 saturated heterocycles. The Labute approximate surface area is 176 Å². The van der Waals surface area contributed by atoms with Gasteiger partial charge in [0.05, 0.1) is 22.2 Å². The third-order valence-electron chi connectivity index (χ3n) is 6.48. The number of benzene rings is 2. The van der Waals surface area contributed by atoms with E-state index in [0.717, 1.165) is 65.1 Å². The number of rotatable bonds is 2. The number of hydrogen-bond donors (Lipinski definition) is 0. The summed E-state index contributed by atoms with van der Waals surface area (Å²) in [5, 5.41) is 1.01. The monoisotopic (exact) mass is 398 g/mol. The van der Waals surface area contributed by atoms with Crippen molar-refractivity contribution in [1.29, 1.82) is 0 Å². The van der Waals surface area contributed by atoms with E-state index in [1.54, 1.807) is 0 Å². The normalized spacial score (nSPS) is 17.9. The van der Waals surface area contributed by atoms with Crippen molar-refractivity contribution in [2.75, 3.05) is 36.0 Å². The summed E-state index contributed by atoms with van der Waals surface area (Å²) in [6, 6.07) is 10.3. The Kier molecular flexibility index (Phi) is 4.36. The number of nitrogens with zero attached hydrogens (tertiary/aromatic N) is 6. The summed E-state index contributed by atoms with van der Waals surface area (Å²) in [5.41, 5.74) is 5.87. The molecule has 2 fully saturated rings. The van der Waals surface area contributed by atoms with E-state index in [2.05, 4.69) is 15.9 Å². The number of para-hydroxylation sites is 2. The molecule has 6 nitrogen and oxygen atoms in total. The molecule has 2 aliphatic rings. The van der Waals surface area contributed by atoms with Crippen LogP contribution in [-0.2, 0) is 0 Å². The fourth-order valence-corrected chi connectivity index (χ4v) is 4.87. The van der Waals surface area contributed by atoms with Crippen molar-refractivity contribution in [2.45, 2.75) is 38.5 Å². The van der Waals surface area contributed by atoms with Gasteiger partial charge >= 0.3 is 0 Å². The van der Waals surface area contributed by atoms with Crippen LogP contribution >= 0.6 is 0 Å². The highest BCUT2D eigenvalue weighted by Gasteiger charge is 2.21. The second-order valence-electron chi connectivity index (χ2n) is 8.50. The van der Waals surface area contributed by atoms with Crippen molar-refractivity contribution in [3.63, 3.8) is 0 Å². The fraction of sp³-hybridized carbons (Fsp3) is 0.417. The van der Waals surface area contributed by atoms with Crippen LogP contribution in [0, 0.1) is 0 Å². The molecule has 4 heterocycles. The molecule has 0 unspecified atom stereocenters. The first-order valence-corrected chi connectivity index (χ1v) is 11.2. The lowest BCUT2D eigenvalue weighted by Gasteiger charge is -2.30. The fourth-order valence-electron chi connectivity index (χ4n) is 4.87. The van der Waals surface area contributed by atoms with E-state index in [1.807, 2.05) is 30.5 Å². The lowest BCUT2D eigenvalue weighted by atomic mass is 10.1. The van der Waals surface area contributed by atoms with Crippen LogP contribution < -0.4 is 9.80 Å². The van der Waals surface area contributed by atoms with E-state index < -0.39 is 0 Å². The first-order chi connectivity index (χ1) is 14.9. The van der Waals surface area contributed by atoms with Gasteiger partial charge in [-0.3, -0.25) is 0 Å². The maximum absolute atomic E-state index is 5.11. The van der Waals surface area contributed by atoms with Gasteiger partial charge in [0.15, 0.2) is 0 Å². The zero-order valence-electron chi connectivity index (χ0n) is 17.2. The third-order valence-corrected chi connectivity index (χ3v) is 6.48. The zero-order chi connectivity index (χ0) is 19.9. The average Bonchev–Trinajstić information content (AvgIpc) is 2.83. The van der Waals surface area contributed by atoms with Crippen LogP contribution in [0.3, 0.4) is 0 Å². The van der Waals surface area contributed by atoms with Gasteiger partial charge in [-0.05, 0) is 56.7 Å². The van der Waals surface area contributed by atoms with Crippen LogP contribution in [0.4, 0.5) is 11.6 Å². The van der Waals surface area contributed by atoms with E-state index in [-0.39, 0.29) is 0 Å². The average molecular weight is 399 g/mol. The number of anilines is 2. The van der Waals surface area contributed by atoms with Crippen molar-refractivity contribution in [3.8, 4) is 0 Å². The molecule has 0 amide bonds. The van der Waals surface area contributed by atoms with Crippen LogP contribution in [-0.4, -0.2) is 46.1 Å². The number of piperidine rings is 2. The highest BCUT2D eigenvalue weighted by Crippen LogP contribution is 2.34. The van der Waals surface area contributed by atoms with Gasteiger partial charge in [-0.1, -0.05) is 12.1 Å². The quantitative estimate of drug-likeness (QED) is 0.360. The van der Waals surface area contributed by atoms with E-state index >= 15 is 0 Å². The summed E-state index contributed by atoms with van der Waals surface area (Å²) in [6.07, 6.45) is 9.48. The number of fused-ring (bicyclic) bond motifs is 4. The Balaban J connectivity index is 1.60. The van der Waals surface area contributed by atoms with Gasteiger partial charge in [0.25, 0.3) is 0 Å². The highest BCUT2D eigenvalue weighted by molar-refractivity contribution is 6.10. The lowest BCUT2D eigenvalue weighted by molar-refractivity contribution is 0.568. The molecule has 152 valence electrons. The summed E-state index contributed by atoms with van der Waals surface area (Å²) in [6.45, 7) is 4.24. The first kappa shape index (κ1) is 17.8. The minimum Gasteiger partial charge on any atom is -0.370 e. The van der Waals surface area contributed by atoms with E-state index in [0.29, 0.717) is 0 Å². The molecule has 30 heavy (non-hydrogen) atoms. The molecule has 0 saturated carbocycles. The molecule has 2 aromatic heterocycles. The summed E-state index contributed by atoms with van der Waals surface area (Å²) < 4.78 is 0. The standard InChI is InChI=1S/C24H26N6/c1-5-11-29(12-6-1)21-15-20-22(27-19-10-4-3-9-18(19)26-20)17-16-25-24(28-23(17)21)30-13-7-2-8-14-30/h3-4,9-10,15-16H,1-2,5-8,11-14H2. The van der Waals surface area contributed by atoms with Gasteiger partial charge in [0.2, 0.25) is 5.95 Å². The second-order valence-corrected chi connectivity index (χ2v) is 8.50. The van der Waals surface area contributed by atoms with Crippen molar-refractivity contribution >= 4 is 44.6 Å². The van der Waals surface area contributed by atoms with E-state index in [1.165, 1.54) is 44.2 Å². The summed E-state index contributed by atoms with van der Waals surface area (Å²) in [4.78, 5) is 24.6. The topological polar surface area (TPSA) is 58.0 Å². The summed E-state index contributed by atoms with van der Waals surface area (Å²) >= 11 is 0. The minimum absolute atomic E-state index is 0.855. The Morgan fingerprint density at radius 3 is 2.03 bits per heavy atom. The number of hydrogen-bond acceptors (Lipinski definition) is 6. The molecule has 0 N–H and O–H groups in total. The number of aromatic nitrogens is 4. The van der Waals surface area contributed by atoms with Gasteiger partial charge in [-0.2, -0.15) is 0 Å². The Morgan fingerprint density at radius 2 is 1.30 bits per heavy atom. The molecule has 2 aromatic carbocycles. The Hall–Kier alpha value is -3.02.